The van der Waals surface area contributed by atoms with Crippen LogP contribution in [0.1, 0.15) is 22.3 Å². The van der Waals surface area contributed by atoms with Crippen molar-refractivity contribution in [2.75, 3.05) is 0 Å². The van der Waals surface area contributed by atoms with E-state index in [-0.39, 0.29) is 5.56 Å². The van der Waals surface area contributed by atoms with E-state index in [0.29, 0.717) is 0 Å². The van der Waals surface area contributed by atoms with Crippen molar-refractivity contribution in [1.82, 2.24) is 0 Å². The van der Waals surface area contributed by atoms with E-state index in [0.717, 1.165) is 36.7 Å². The molecule has 0 bridgehead atoms. The molecule has 0 aliphatic carbocycles. The topological polar surface area (TPSA) is 82.4 Å². The van der Waals surface area contributed by atoms with E-state index >= 15 is 8.78 Å². The molecule has 0 aromatic heterocycles. The minimum Gasteiger partial charge on any atom is -0.421 e. The van der Waals surface area contributed by atoms with Crippen molar-refractivity contribution in [1.29, 1.82) is 0 Å². The fraction of sp³-hybridized carbons (Fsp3) is 0.200. The second-order valence-corrected chi connectivity index (χ2v) is 16.6. The van der Waals surface area contributed by atoms with Crippen LogP contribution in [0.4, 0.5) is 35.1 Å². The van der Waals surface area contributed by atoms with Gasteiger partial charge in [-0.15, -0.1) is 0 Å². The predicted octanol–water partition coefficient (Wildman–Crippen LogP) is 7.71. The maximum atomic E-state index is 17.1. The molecule has 0 aliphatic rings. The first-order chi connectivity index (χ1) is 21.1. The summed E-state index contributed by atoms with van der Waals surface area (Å²) < 4.78 is 143. The Morgan fingerprint density at radius 3 is 1.04 bits per heavy atom. The maximum Gasteiger partial charge on any atom is 0.480 e. The Balaban J connectivity index is 0.000000326. The smallest absolute Gasteiger partial charge is 0.421 e. The molecule has 0 radical (unpaired) electrons. The summed E-state index contributed by atoms with van der Waals surface area (Å²) in [6.45, 7) is 5.84. The SMILES string of the molecule is Cc1ccccc1[P+](c1ccccc1C)(c1ccccc1C)C(F)(F)c1ccccc1.O=S(=O)([N-]S(=O)(=O)C(F)(F)F)C(F)(F)F. The van der Waals surface area contributed by atoms with Crippen molar-refractivity contribution < 1.29 is 52.0 Å². The Morgan fingerprint density at radius 2 is 0.761 bits per heavy atom. The van der Waals surface area contributed by atoms with E-state index in [9.17, 15) is 43.2 Å². The molecule has 0 saturated carbocycles. The highest BCUT2D eigenvalue weighted by Gasteiger charge is 2.68. The lowest BCUT2D eigenvalue weighted by atomic mass is 10.2. The highest BCUT2D eigenvalue weighted by molar-refractivity contribution is 8.13. The van der Waals surface area contributed by atoms with Crippen LogP contribution >= 0.6 is 7.26 Å². The highest BCUT2D eigenvalue weighted by Crippen LogP contribution is 2.72. The van der Waals surface area contributed by atoms with Gasteiger partial charge in [0.1, 0.15) is 15.9 Å². The minimum absolute atomic E-state index is 0.0538. The van der Waals surface area contributed by atoms with Crippen LogP contribution in [0, 0.1) is 20.8 Å². The van der Waals surface area contributed by atoms with Crippen molar-refractivity contribution in [2.45, 2.75) is 37.5 Å². The van der Waals surface area contributed by atoms with Crippen LogP contribution in [0.3, 0.4) is 0 Å². The van der Waals surface area contributed by atoms with Gasteiger partial charge in [-0.2, -0.15) is 35.1 Å². The minimum atomic E-state index is -6.72. The average molecular weight is 712 g/mol. The summed E-state index contributed by atoms with van der Waals surface area (Å²) in [6, 6.07) is 31.3. The molecule has 4 aromatic carbocycles. The zero-order valence-electron chi connectivity index (χ0n) is 24.2. The number of nitrogens with zero attached hydrogens (tertiary/aromatic N) is 1. The van der Waals surface area contributed by atoms with Crippen LogP contribution in [-0.2, 0) is 25.7 Å². The Morgan fingerprint density at radius 1 is 0.478 bits per heavy atom. The third-order valence-electron chi connectivity index (χ3n) is 6.75. The van der Waals surface area contributed by atoms with Gasteiger partial charge in [0.2, 0.25) is 0 Å². The molecule has 0 aliphatic heterocycles. The van der Waals surface area contributed by atoms with E-state index in [1.165, 1.54) is 0 Å². The van der Waals surface area contributed by atoms with Crippen LogP contribution in [0.5, 0.6) is 0 Å². The molecule has 0 saturated heterocycles. The fourth-order valence-electron chi connectivity index (χ4n) is 4.71. The zero-order valence-corrected chi connectivity index (χ0v) is 26.7. The Hall–Kier alpha value is -3.39. The molecule has 5 nitrogen and oxygen atoms in total. The lowest BCUT2D eigenvalue weighted by Gasteiger charge is -2.36. The molecule has 16 heteroatoms. The first-order valence-electron chi connectivity index (χ1n) is 13.0. The van der Waals surface area contributed by atoms with Crippen molar-refractivity contribution in [3.63, 3.8) is 0 Å². The number of rotatable bonds is 7. The summed E-state index contributed by atoms with van der Waals surface area (Å²) >= 11 is 0. The van der Waals surface area contributed by atoms with Crippen LogP contribution < -0.4 is 15.9 Å². The van der Waals surface area contributed by atoms with E-state index in [2.05, 4.69) is 0 Å². The molecule has 248 valence electrons. The van der Waals surface area contributed by atoms with Gasteiger partial charge in [-0.3, -0.25) is 0 Å². The monoisotopic (exact) mass is 711 g/mol. The van der Waals surface area contributed by atoms with Crippen molar-refractivity contribution in [3.8, 4) is 0 Å². The number of hydrogen-bond acceptors (Lipinski definition) is 4. The largest absolute Gasteiger partial charge is 0.480 e. The molecule has 0 atom stereocenters. The second kappa shape index (κ2) is 13.4. The third-order valence-corrected chi connectivity index (χ3v) is 14.3. The molecule has 0 unspecified atom stereocenters. The molecule has 0 heterocycles. The van der Waals surface area contributed by atoms with Crippen LogP contribution in [0.2, 0.25) is 0 Å². The zero-order chi connectivity index (χ0) is 34.8. The number of hydrogen-bond donors (Lipinski definition) is 0. The lowest BCUT2D eigenvalue weighted by Crippen LogP contribution is -2.44. The Labute approximate surface area is 261 Å². The van der Waals surface area contributed by atoms with Gasteiger partial charge in [-0.25, -0.2) is 16.8 Å². The molecule has 4 aromatic rings. The van der Waals surface area contributed by atoms with Gasteiger partial charge in [0, 0.05) is 0 Å². The van der Waals surface area contributed by atoms with Crippen molar-refractivity contribution in [2.24, 2.45) is 0 Å². The average Bonchev–Trinajstić information content (AvgIpc) is 2.95. The third kappa shape index (κ3) is 7.12. The van der Waals surface area contributed by atoms with Crippen LogP contribution in [0.15, 0.2) is 103 Å². The number of benzene rings is 4. The molecule has 0 N–H and O–H groups in total. The summed E-state index contributed by atoms with van der Waals surface area (Å²) in [5.41, 5.74) is -12.8. The van der Waals surface area contributed by atoms with Gasteiger partial charge in [0.05, 0.1) is 5.56 Å². The standard InChI is InChI=1S/C28H26F2P.C2F6NO4S2/c1-21-13-7-10-18-25(21)31(26-19-11-8-14-22(26)2,27-20-12-9-15-23(27)3)28(29,30)24-16-5-4-6-17-24;3-1(4,5)14(10,11)9-15(12,13)2(6,7)8/h4-20H,1-3H3;/q+1;-1. The molecule has 0 fully saturated rings. The summed E-state index contributed by atoms with van der Waals surface area (Å²) in [5.74, 6) is 0. The number of aryl methyl sites for hydroxylation is 3. The molecular weight excluding hydrogens is 685 g/mol. The lowest BCUT2D eigenvalue weighted by molar-refractivity contribution is -0.0444. The van der Waals surface area contributed by atoms with E-state index in [1.54, 1.807) is 30.3 Å². The molecule has 4 rings (SSSR count). The number of sulfonamides is 2. The quantitative estimate of drug-likeness (QED) is 0.145. The summed E-state index contributed by atoms with van der Waals surface area (Å²) in [7, 11) is -16.9. The van der Waals surface area contributed by atoms with Crippen LogP contribution in [-0.4, -0.2) is 27.9 Å². The Bertz CT molecular complexity index is 1750. The van der Waals surface area contributed by atoms with Gasteiger partial charge in [-0.05, 0) is 67.8 Å². The van der Waals surface area contributed by atoms with Gasteiger partial charge in [-0.1, -0.05) is 72.8 Å². The second-order valence-electron chi connectivity index (χ2n) is 9.85. The van der Waals surface area contributed by atoms with Gasteiger partial charge in [0.25, 0.3) is 0 Å². The van der Waals surface area contributed by atoms with Gasteiger partial charge < -0.3 is 4.13 Å². The molecular formula is C30H26F8NO4PS2. The van der Waals surface area contributed by atoms with Crippen molar-refractivity contribution in [3.05, 3.63) is 130 Å². The molecule has 0 amide bonds. The van der Waals surface area contributed by atoms with Crippen molar-refractivity contribution >= 4 is 43.2 Å². The first kappa shape index (κ1) is 37.1. The predicted molar refractivity (Wildman–Crippen MR) is 163 cm³/mol. The number of alkyl halides is 8. The maximum absolute atomic E-state index is 17.1. The fourth-order valence-corrected chi connectivity index (χ4v) is 11.4. The summed E-state index contributed by atoms with van der Waals surface area (Å²) in [4.78, 5) is 0. The number of halogens is 8. The summed E-state index contributed by atoms with van der Waals surface area (Å²) in [5, 5.41) is 2.19. The Kier molecular flexibility index (Phi) is 10.8. The summed E-state index contributed by atoms with van der Waals surface area (Å²) in [6.07, 6.45) is 0. The van der Waals surface area contributed by atoms with Crippen LogP contribution in [0.25, 0.3) is 4.13 Å². The normalized spacial score (nSPS) is 13.1. The molecule has 46 heavy (non-hydrogen) atoms. The highest BCUT2D eigenvalue weighted by atomic mass is 32.3. The van der Waals surface area contributed by atoms with E-state index in [4.69, 9.17) is 0 Å². The van der Waals surface area contributed by atoms with Gasteiger partial charge in [0.15, 0.2) is 27.3 Å². The van der Waals surface area contributed by atoms with E-state index in [1.807, 2.05) is 93.6 Å². The van der Waals surface area contributed by atoms with E-state index < -0.39 is 44.0 Å². The first-order valence-corrected chi connectivity index (χ1v) is 17.7. The molecule has 0 spiro atoms. The van der Waals surface area contributed by atoms with Gasteiger partial charge >= 0.3 is 16.7 Å².